The maximum absolute atomic E-state index is 12.8. The van der Waals surface area contributed by atoms with Gasteiger partial charge < -0.3 is 10.2 Å². The lowest BCUT2D eigenvalue weighted by atomic mass is 10.1. The molecule has 0 aromatic heterocycles. The minimum Gasteiger partial charge on any atom is -0.354 e. The van der Waals surface area contributed by atoms with Crippen molar-refractivity contribution in [2.45, 2.75) is 29.4 Å². The maximum Gasteiger partial charge on any atom is 0.238 e. The van der Waals surface area contributed by atoms with Gasteiger partial charge in [-0.3, -0.25) is 9.59 Å². The van der Waals surface area contributed by atoms with Gasteiger partial charge in [0.05, 0.1) is 0 Å². The van der Waals surface area contributed by atoms with E-state index in [0.717, 1.165) is 36.4 Å². The van der Waals surface area contributed by atoms with Crippen LogP contribution in [0.1, 0.15) is 30.1 Å². The van der Waals surface area contributed by atoms with Crippen LogP contribution >= 0.6 is 11.8 Å². The number of likely N-dealkylation sites (tertiary alicyclic amines) is 1. The van der Waals surface area contributed by atoms with E-state index >= 15 is 0 Å². The first-order valence-electron chi connectivity index (χ1n) is 9.06. The third-order valence-corrected chi connectivity index (χ3v) is 5.70. The van der Waals surface area contributed by atoms with E-state index in [-0.39, 0.29) is 17.1 Å². The lowest BCUT2D eigenvalue weighted by Gasteiger charge is -2.18. The van der Waals surface area contributed by atoms with Gasteiger partial charge in [-0.25, -0.2) is 0 Å². The van der Waals surface area contributed by atoms with Gasteiger partial charge in [0, 0.05) is 31.0 Å². The molecule has 26 heavy (non-hydrogen) atoms. The van der Waals surface area contributed by atoms with E-state index in [0.29, 0.717) is 13.0 Å². The second-order valence-electron chi connectivity index (χ2n) is 6.35. The summed E-state index contributed by atoms with van der Waals surface area (Å²) in [5, 5.41) is 2.62. The first kappa shape index (κ1) is 18.5. The zero-order chi connectivity index (χ0) is 18.2. The van der Waals surface area contributed by atoms with E-state index < -0.39 is 0 Å². The van der Waals surface area contributed by atoms with Crippen LogP contribution in [0.5, 0.6) is 0 Å². The molecule has 4 nitrogen and oxygen atoms in total. The highest BCUT2D eigenvalue weighted by Crippen LogP contribution is 2.35. The van der Waals surface area contributed by atoms with Crippen LogP contribution in [0.3, 0.4) is 0 Å². The third-order valence-electron chi connectivity index (χ3n) is 4.43. The Balaban J connectivity index is 1.60. The topological polar surface area (TPSA) is 49.4 Å². The number of nitrogens with one attached hydrogen (secondary N) is 1. The molecular weight excluding hydrogens is 344 g/mol. The summed E-state index contributed by atoms with van der Waals surface area (Å²) in [7, 11) is 0. The summed E-state index contributed by atoms with van der Waals surface area (Å²) >= 11 is 1.53. The molecule has 2 amide bonds. The largest absolute Gasteiger partial charge is 0.354 e. The minimum absolute atomic E-state index is 0.0562. The number of carbonyl (C=O) groups excluding carboxylic acids is 2. The van der Waals surface area contributed by atoms with Crippen molar-refractivity contribution in [2.24, 2.45) is 0 Å². The van der Waals surface area contributed by atoms with E-state index in [9.17, 15) is 9.59 Å². The molecule has 1 atom stereocenters. The fraction of sp³-hybridized carbons (Fsp3) is 0.333. The summed E-state index contributed by atoms with van der Waals surface area (Å²) in [5.41, 5.74) is 0.963. The Hall–Kier alpha value is -2.27. The second kappa shape index (κ2) is 9.43. The van der Waals surface area contributed by atoms with E-state index in [2.05, 4.69) is 5.32 Å². The summed E-state index contributed by atoms with van der Waals surface area (Å²) < 4.78 is 0. The number of hydrogen-bond acceptors (Lipinski definition) is 3. The summed E-state index contributed by atoms with van der Waals surface area (Å²) in [6.45, 7) is 2.08. The van der Waals surface area contributed by atoms with Gasteiger partial charge in [-0.1, -0.05) is 48.5 Å². The van der Waals surface area contributed by atoms with Crippen LogP contribution in [0.25, 0.3) is 0 Å². The molecule has 5 heteroatoms. The molecular formula is C21H24N2O2S. The molecule has 1 saturated heterocycles. The number of hydrogen-bond donors (Lipinski definition) is 1. The minimum atomic E-state index is -0.333. The molecule has 0 aliphatic carbocycles. The summed E-state index contributed by atoms with van der Waals surface area (Å²) in [4.78, 5) is 27.9. The zero-order valence-electron chi connectivity index (χ0n) is 14.8. The van der Waals surface area contributed by atoms with Crippen molar-refractivity contribution >= 4 is 23.6 Å². The van der Waals surface area contributed by atoms with Crippen molar-refractivity contribution in [3.8, 4) is 0 Å². The lowest BCUT2D eigenvalue weighted by Crippen LogP contribution is -2.34. The van der Waals surface area contributed by atoms with Gasteiger partial charge >= 0.3 is 0 Å². The first-order chi connectivity index (χ1) is 12.7. The van der Waals surface area contributed by atoms with Gasteiger partial charge in [-0.15, -0.1) is 11.8 Å². The smallest absolute Gasteiger partial charge is 0.238 e. The number of benzene rings is 2. The predicted molar refractivity (Wildman–Crippen MR) is 105 cm³/mol. The Morgan fingerprint density at radius 2 is 1.58 bits per heavy atom. The molecule has 0 unspecified atom stereocenters. The molecule has 1 aliphatic rings. The van der Waals surface area contributed by atoms with Crippen molar-refractivity contribution in [1.29, 1.82) is 0 Å². The van der Waals surface area contributed by atoms with Gasteiger partial charge in [0.2, 0.25) is 11.8 Å². The number of amides is 2. The molecule has 1 fully saturated rings. The van der Waals surface area contributed by atoms with Crippen molar-refractivity contribution in [2.75, 3.05) is 19.6 Å². The Morgan fingerprint density at radius 3 is 2.23 bits per heavy atom. The van der Waals surface area contributed by atoms with E-state index in [1.54, 1.807) is 0 Å². The maximum atomic E-state index is 12.8. The molecule has 0 bridgehead atoms. The molecule has 1 N–H and O–H groups in total. The van der Waals surface area contributed by atoms with Crippen LogP contribution in [0.2, 0.25) is 0 Å². The Labute approximate surface area is 159 Å². The lowest BCUT2D eigenvalue weighted by molar-refractivity contribution is -0.130. The molecule has 0 saturated carbocycles. The second-order valence-corrected chi connectivity index (χ2v) is 7.53. The van der Waals surface area contributed by atoms with Gasteiger partial charge in [0.1, 0.15) is 5.25 Å². The molecule has 1 heterocycles. The van der Waals surface area contributed by atoms with Gasteiger partial charge in [0.25, 0.3) is 0 Å². The van der Waals surface area contributed by atoms with Crippen LogP contribution in [0.4, 0.5) is 0 Å². The molecule has 136 valence electrons. The number of thioether (sulfide) groups is 1. The third kappa shape index (κ3) is 5.11. The van der Waals surface area contributed by atoms with Crippen LogP contribution in [0.15, 0.2) is 65.6 Å². The Kier molecular flexibility index (Phi) is 6.72. The van der Waals surface area contributed by atoms with Gasteiger partial charge in [-0.2, -0.15) is 0 Å². The fourth-order valence-corrected chi connectivity index (χ4v) is 4.12. The number of rotatable bonds is 7. The van der Waals surface area contributed by atoms with Crippen LogP contribution in [-0.2, 0) is 9.59 Å². The van der Waals surface area contributed by atoms with Crippen molar-refractivity contribution in [3.63, 3.8) is 0 Å². The molecule has 1 aliphatic heterocycles. The van der Waals surface area contributed by atoms with Gasteiger partial charge in [0.15, 0.2) is 0 Å². The van der Waals surface area contributed by atoms with Crippen molar-refractivity contribution in [3.05, 3.63) is 66.2 Å². The Morgan fingerprint density at radius 1 is 0.962 bits per heavy atom. The van der Waals surface area contributed by atoms with E-state index in [1.807, 2.05) is 65.6 Å². The van der Waals surface area contributed by atoms with Crippen LogP contribution < -0.4 is 5.32 Å². The highest BCUT2D eigenvalue weighted by molar-refractivity contribution is 8.00. The number of carbonyl (C=O) groups is 2. The highest BCUT2D eigenvalue weighted by Gasteiger charge is 2.23. The van der Waals surface area contributed by atoms with Crippen molar-refractivity contribution in [1.82, 2.24) is 10.2 Å². The van der Waals surface area contributed by atoms with Gasteiger partial charge in [-0.05, 0) is 30.5 Å². The van der Waals surface area contributed by atoms with Crippen LogP contribution in [-0.4, -0.2) is 36.3 Å². The highest BCUT2D eigenvalue weighted by atomic mass is 32.2. The first-order valence-corrected chi connectivity index (χ1v) is 9.94. The molecule has 0 spiro atoms. The molecule has 2 aromatic rings. The zero-order valence-corrected chi connectivity index (χ0v) is 15.6. The standard InChI is InChI=1S/C21H24N2O2S/c24-19(23-15-7-8-16-23)13-14-22-21(25)20(17-9-3-1-4-10-17)26-18-11-5-2-6-12-18/h1-6,9-12,20H,7-8,13-16H2,(H,22,25)/t20-/m1/s1. The fourth-order valence-electron chi connectivity index (χ4n) is 3.05. The van der Waals surface area contributed by atoms with Crippen LogP contribution in [0, 0.1) is 0 Å². The number of nitrogens with zero attached hydrogens (tertiary/aromatic N) is 1. The molecule has 0 radical (unpaired) electrons. The average Bonchev–Trinajstić information content (AvgIpc) is 3.22. The van der Waals surface area contributed by atoms with Crippen molar-refractivity contribution < 1.29 is 9.59 Å². The monoisotopic (exact) mass is 368 g/mol. The summed E-state index contributed by atoms with van der Waals surface area (Å²) in [5.74, 6) is 0.0778. The van der Waals surface area contributed by atoms with E-state index in [1.165, 1.54) is 11.8 Å². The molecule has 3 rings (SSSR count). The predicted octanol–water partition coefficient (Wildman–Crippen LogP) is 3.65. The SMILES string of the molecule is O=C(NCCC(=O)N1CCCC1)[C@H](Sc1ccccc1)c1ccccc1. The average molecular weight is 369 g/mol. The Bertz CT molecular complexity index is 715. The quantitative estimate of drug-likeness (QED) is 0.759. The molecule has 2 aromatic carbocycles. The summed E-state index contributed by atoms with van der Waals surface area (Å²) in [6.07, 6.45) is 2.53. The normalized spacial score (nSPS) is 14.8. The summed E-state index contributed by atoms with van der Waals surface area (Å²) in [6, 6.07) is 19.7. The van der Waals surface area contributed by atoms with E-state index in [4.69, 9.17) is 0 Å².